The highest BCUT2D eigenvalue weighted by Crippen LogP contribution is 2.37. The molecule has 3 heteroatoms. The Morgan fingerprint density at radius 3 is 1.43 bits per heavy atom. The van der Waals surface area contributed by atoms with Gasteiger partial charge in [0.05, 0.1) is 10.8 Å². The molecule has 0 aromatic rings. The Morgan fingerprint density at radius 1 is 0.667 bits per heavy atom. The normalized spacial score (nSPS) is 24.0. The molecule has 126 valence electrons. The van der Waals surface area contributed by atoms with Crippen molar-refractivity contribution in [3.8, 4) is 0 Å². The van der Waals surface area contributed by atoms with Crippen LogP contribution in [0.4, 0.5) is 0 Å². The predicted octanol–water partition coefficient (Wildman–Crippen LogP) is 6.69. The average Bonchev–Trinajstić information content (AvgIpc) is 3.27. The van der Waals surface area contributed by atoms with E-state index in [1.807, 2.05) is 0 Å². The Kier molecular flexibility index (Phi) is 11.2. The number of halogens is 2. The van der Waals surface area contributed by atoms with Gasteiger partial charge in [0.15, 0.2) is 0 Å². The Labute approximate surface area is 142 Å². The first kappa shape index (κ1) is 19.6. The molecule has 1 saturated heterocycles. The van der Waals surface area contributed by atoms with Gasteiger partial charge in [-0.2, -0.15) is 0 Å². The fourth-order valence-electron chi connectivity index (χ4n) is 2.93. The number of rotatable bonds is 14. The van der Waals surface area contributed by atoms with Crippen LogP contribution in [-0.4, -0.2) is 23.0 Å². The van der Waals surface area contributed by atoms with Crippen LogP contribution in [-0.2, 0) is 4.74 Å². The molecule has 0 saturated carbocycles. The summed E-state index contributed by atoms with van der Waals surface area (Å²) in [5.41, 5.74) is 0. The number of ether oxygens (including phenoxy) is 1. The largest absolute Gasteiger partial charge is 0.366 e. The fraction of sp³-hybridized carbons (Fsp3) is 1.00. The molecule has 1 heterocycles. The maximum Gasteiger partial charge on any atom is 0.102 e. The molecule has 1 aliphatic heterocycles. The lowest BCUT2D eigenvalue weighted by Crippen LogP contribution is -2.17. The first-order valence-corrected chi connectivity index (χ1v) is 10.0. The van der Waals surface area contributed by atoms with Crippen molar-refractivity contribution in [2.45, 2.75) is 114 Å². The van der Waals surface area contributed by atoms with E-state index in [-0.39, 0.29) is 23.0 Å². The highest BCUT2D eigenvalue weighted by atomic mass is 35.5. The molecular formula is C18H34Cl2O. The van der Waals surface area contributed by atoms with Gasteiger partial charge in [-0.3, -0.25) is 0 Å². The second-order valence-electron chi connectivity index (χ2n) is 6.50. The van der Waals surface area contributed by atoms with Gasteiger partial charge in [-0.05, 0) is 12.8 Å². The van der Waals surface area contributed by atoms with Crippen molar-refractivity contribution in [3.05, 3.63) is 0 Å². The average molecular weight is 337 g/mol. The summed E-state index contributed by atoms with van der Waals surface area (Å²) in [6.07, 6.45) is 15.6. The highest BCUT2D eigenvalue weighted by Gasteiger charge is 2.47. The molecule has 0 aromatic carbocycles. The summed E-state index contributed by atoms with van der Waals surface area (Å²) in [4.78, 5) is 0. The summed E-state index contributed by atoms with van der Waals surface area (Å²) < 4.78 is 5.73. The molecule has 0 spiro atoms. The fourth-order valence-corrected chi connectivity index (χ4v) is 3.65. The van der Waals surface area contributed by atoms with Gasteiger partial charge < -0.3 is 4.74 Å². The number of epoxide rings is 1. The zero-order valence-electron chi connectivity index (χ0n) is 14.0. The van der Waals surface area contributed by atoms with Crippen LogP contribution in [0.3, 0.4) is 0 Å². The number of alkyl halides is 2. The van der Waals surface area contributed by atoms with Crippen molar-refractivity contribution >= 4 is 23.2 Å². The third-order valence-corrected chi connectivity index (χ3v) is 5.37. The van der Waals surface area contributed by atoms with Gasteiger partial charge in [0.25, 0.3) is 0 Å². The summed E-state index contributed by atoms with van der Waals surface area (Å²) in [5.74, 6) is 0. The second-order valence-corrected chi connectivity index (χ2v) is 7.62. The van der Waals surface area contributed by atoms with Crippen LogP contribution < -0.4 is 0 Å². The summed E-state index contributed by atoms with van der Waals surface area (Å²) in [5, 5.41) is 0.330. The van der Waals surface area contributed by atoms with Crippen molar-refractivity contribution in [2.24, 2.45) is 0 Å². The third kappa shape index (κ3) is 8.67. The maximum atomic E-state index is 6.45. The smallest absolute Gasteiger partial charge is 0.102 e. The van der Waals surface area contributed by atoms with Crippen molar-refractivity contribution in [2.75, 3.05) is 0 Å². The molecule has 1 aliphatic rings. The molecule has 0 N–H and O–H groups in total. The first-order chi connectivity index (χ1) is 10.2. The molecule has 4 atom stereocenters. The monoisotopic (exact) mass is 336 g/mol. The molecule has 0 amide bonds. The summed E-state index contributed by atoms with van der Waals surface area (Å²) in [7, 11) is 0. The molecular weight excluding hydrogens is 303 g/mol. The van der Waals surface area contributed by atoms with Gasteiger partial charge in [-0.1, -0.05) is 78.1 Å². The SMILES string of the molecule is CCCCCCCC(Cl)C1OC1C(Cl)CCCCCCC. The zero-order chi connectivity index (χ0) is 15.5. The highest BCUT2D eigenvalue weighted by molar-refractivity contribution is 6.22. The minimum Gasteiger partial charge on any atom is -0.366 e. The second kappa shape index (κ2) is 12.0. The van der Waals surface area contributed by atoms with E-state index in [4.69, 9.17) is 27.9 Å². The Balaban J connectivity index is 2.00. The molecule has 0 radical (unpaired) electrons. The number of hydrogen-bond donors (Lipinski definition) is 0. The lowest BCUT2D eigenvalue weighted by Gasteiger charge is -2.09. The standard InChI is InChI=1S/C18H34Cl2O/c1-3-5-7-9-11-13-15(19)17-18(21-17)16(20)14-12-10-8-6-4-2/h15-18H,3-14H2,1-2H3. The van der Waals surface area contributed by atoms with E-state index in [1.54, 1.807) is 0 Å². The van der Waals surface area contributed by atoms with E-state index in [1.165, 1.54) is 64.2 Å². The Bertz CT molecular complexity index is 223. The quantitative estimate of drug-likeness (QED) is 0.195. The van der Waals surface area contributed by atoms with Gasteiger partial charge in [-0.25, -0.2) is 0 Å². The van der Waals surface area contributed by atoms with Gasteiger partial charge in [0.1, 0.15) is 12.2 Å². The van der Waals surface area contributed by atoms with Crippen LogP contribution in [0.5, 0.6) is 0 Å². The molecule has 1 nitrogen and oxygen atoms in total. The minimum absolute atomic E-state index is 0.165. The summed E-state index contributed by atoms with van der Waals surface area (Å²) in [6.45, 7) is 4.49. The van der Waals surface area contributed by atoms with Gasteiger partial charge in [0, 0.05) is 0 Å². The predicted molar refractivity (Wildman–Crippen MR) is 94.7 cm³/mol. The molecule has 0 bridgehead atoms. The topological polar surface area (TPSA) is 12.5 Å². The van der Waals surface area contributed by atoms with Gasteiger partial charge in [-0.15, -0.1) is 23.2 Å². The van der Waals surface area contributed by atoms with Crippen LogP contribution in [0.15, 0.2) is 0 Å². The van der Waals surface area contributed by atoms with Crippen LogP contribution in [0.25, 0.3) is 0 Å². The molecule has 1 rings (SSSR count). The number of hydrogen-bond acceptors (Lipinski definition) is 1. The van der Waals surface area contributed by atoms with Crippen molar-refractivity contribution in [3.63, 3.8) is 0 Å². The van der Waals surface area contributed by atoms with Crippen molar-refractivity contribution < 1.29 is 4.74 Å². The zero-order valence-corrected chi connectivity index (χ0v) is 15.5. The van der Waals surface area contributed by atoms with Crippen molar-refractivity contribution in [1.82, 2.24) is 0 Å². The summed E-state index contributed by atoms with van der Waals surface area (Å²) in [6, 6.07) is 0. The molecule has 21 heavy (non-hydrogen) atoms. The van der Waals surface area contributed by atoms with Gasteiger partial charge >= 0.3 is 0 Å². The van der Waals surface area contributed by atoms with E-state index in [9.17, 15) is 0 Å². The van der Waals surface area contributed by atoms with E-state index in [2.05, 4.69) is 13.8 Å². The van der Waals surface area contributed by atoms with Gasteiger partial charge in [0.2, 0.25) is 0 Å². The van der Waals surface area contributed by atoms with E-state index >= 15 is 0 Å². The Hall–Kier alpha value is 0.540. The van der Waals surface area contributed by atoms with E-state index in [0.29, 0.717) is 0 Å². The van der Waals surface area contributed by atoms with E-state index in [0.717, 1.165) is 12.8 Å². The third-order valence-electron chi connectivity index (χ3n) is 4.44. The molecule has 0 aliphatic carbocycles. The maximum absolute atomic E-state index is 6.45. The molecule has 0 aromatic heterocycles. The lowest BCUT2D eigenvalue weighted by atomic mass is 10.0. The molecule has 4 unspecified atom stereocenters. The number of unbranched alkanes of at least 4 members (excludes halogenated alkanes) is 8. The first-order valence-electron chi connectivity index (χ1n) is 9.14. The van der Waals surface area contributed by atoms with Crippen LogP contribution in [0.2, 0.25) is 0 Å². The van der Waals surface area contributed by atoms with Crippen LogP contribution in [0.1, 0.15) is 90.9 Å². The Morgan fingerprint density at radius 2 is 1.05 bits per heavy atom. The van der Waals surface area contributed by atoms with Crippen molar-refractivity contribution in [1.29, 1.82) is 0 Å². The minimum atomic E-state index is 0.165. The van der Waals surface area contributed by atoms with Crippen LogP contribution >= 0.6 is 23.2 Å². The molecule has 1 fully saturated rings. The van der Waals surface area contributed by atoms with E-state index < -0.39 is 0 Å². The van der Waals surface area contributed by atoms with Crippen LogP contribution in [0, 0.1) is 0 Å². The lowest BCUT2D eigenvalue weighted by molar-refractivity contribution is 0.351. The summed E-state index contributed by atoms with van der Waals surface area (Å²) >= 11 is 12.9.